The number of cyclic esters (lactones) is 1. The first-order valence-electron chi connectivity index (χ1n) is 8.94. The van der Waals surface area contributed by atoms with Gasteiger partial charge in [-0.25, -0.2) is 9.79 Å². The van der Waals surface area contributed by atoms with Gasteiger partial charge in [0.1, 0.15) is 12.4 Å². The Balaban J connectivity index is 1.59. The molecule has 0 aromatic heterocycles. The van der Waals surface area contributed by atoms with Crippen LogP contribution in [0.15, 0.2) is 77.4 Å². The highest BCUT2D eigenvalue weighted by molar-refractivity contribution is 6.42. The van der Waals surface area contributed by atoms with Crippen molar-refractivity contribution in [3.63, 3.8) is 0 Å². The number of halogens is 3. The molecule has 1 heterocycles. The van der Waals surface area contributed by atoms with Gasteiger partial charge in [-0.2, -0.15) is 0 Å². The molecule has 0 amide bonds. The van der Waals surface area contributed by atoms with Crippen molar-refractivity contribution in [3.05, 3.63) is 104 Å². The third-order valence-corrected chi connectivity index (χ3v) is 5.26. The van der Waals surface area contributed by atoms with Gasteiger partial charge in [0.05, 0.1) is 10.0 Å². The summed E-state index contributed by atoms with van der Waals surface area (Å²) < 4.78 is 11.2. The van der Waals surface area contributed by atoms with Crippen LogP contribution in [-0.2, 0) is 16.1 Å². The summed E-state index contributed by atoms with van der Waals surface area (Å²) in [6.07, 6.45) is 1.63. The Kier molecular flexibility index (Phi) is 6.09. The number of esters is 1. The van der Waals surface area contributed by atoms with Gasteiger partial charge >= 0.3 is 5.97 Å². The lowest BCUT2D eigenvalue weighted by Crippen LogP contribution is -2.05. The van der Waals surface area contributed by atoms with Crippen molar-refractivity contribution in [2.24, 2.45) is 4.99 Å². The summed E-state index contributed by atoms with van der Waals surface area (Å²) in [6.45, 7) is 0.336. The molecule has 1 aliphatic heterocycles. The van der Waals surface area contributed by atoms with Gasteiger partial charge in [-0.3, -0.25) is 0 Å². The smallest absolute Gasteiger partial charge is 0.363 e. The first kappa shape index (κ1) is 20.5. The summed E-state index contributed by atoms with van der Waals surface area (Å²) in [7, 11) is 0. The van der Waals surface area contributed by atoms with Gasteiger partial charge < -0.3 is 9.47 Å². The van der Waals surface area contributed by atoms with E-state index in [0.717, 1.165) is 5.56 Å². The molecular weight excluding hydrogens is 445 g/mol. The Bertz CT molecular complexity index is 1190. The van der Waals surface area contributed by atoms with Crippen LogP contribution in [0.25, 0.3) is 6.08 Å². The van der Waals surface area contributed by atoms with Crippen molar-refractivity contribution in [3.8, 4) is 5.75 Å². The Hall–Kier alpha value is -2.79. The van der Waals surface area contributed by atoms with E-state index in [-0.39, 0.29) is 11.6 Å². The second kappa shape index (κ2) is 8.92. The van der Waals surface area contributed by atoms with Crippen LogP contribution in [-0.4, -0.2) is 11.9 Å². The summed E-state index contributed by atoms with van der Waals surface area (Å²) in [4.78, 5) is 16.6. The number of carbonyl (C=O) groups is 1. The average Bonchev–Trinajstić information content (AvgIpc) is 3.10. The number of rotatable bonds is 5. The third-order valence-electron chi connectivity index (χ3n) is 4.28. The molecule has 0 unspecified atom stereocenters. The molecule has 0 spiro atoms. The predicted molar refractivity (Wildman–Crippen MR) is 119 cm³/mol. The quantitative estimate of drug-likeness (QED) is 0.321. The van der Waals surface area contributed by atoms with Gasteiger partial charge in [0.2, 0.25) is 5.90 Å². The number of hydrogen-bond acceptors (Lipinski definition) is 4. The summed E-state index contributed by atoms with van der Waals surface area (Å²) in [6, 6.07) is 19.7. The second-order valence-electron chi connectivity index (χ2n) is 6.42. The number of para-hydroxylation sites is 1. The summed E-state index contributed by atoms with van der Waals surface area (Å²) in [5, 5.41) is 1.40. The molecule has 0 atom stereocenters. The zero-order valence-electron chi connectivity index (χ0n) is 15.4. The fourth-order valence-corrected chi connectivity index (χ4v) is 3.34. The fourth-order valence-electron chi connectivity index (χ4n) is 2.83. The molecule has 0 fully saturated rings. The Morgan fingerprint density at radius 2 is 1.77 bits per heavy atom. The molecule has 0 N–H and O–H groups in total. The maximum atomic E-state index is 12.3. The highest BCUT2D eigenvalue weighted by Gasteiger charge is 2.25. The minimum Gasteiger partial charge on any atom is -0.488 e. The molecule has 0 radical (unpaired) electrons. The maximum absolute atomic E-state index is 12.3. The average molecular weight is 459 g/mol. The van der Waals surface area contributed by atoms with Gasteiger partial charge in [-0.15, -0.1) is 0 Å². The van der Waals surface area contributed by atoms with Crippen molar-refractivity contribution < 1.29 is 14.3 Å². The lowest BCUT2D eigenvalue weighted by atomic mass is 10.1. The highest BCUT2D eigenvalue weighted by atomic mass is 35.5. The largest absolute Gasteiger partial charge is 0.488 e. The molecule has 4 rings (SSSR count). The zero-order chi connectivity index (χ0) is 21.1. The van der Waals surface area contributed by atoms with E-state index in [4.69, 9.17) is 44.3 Å². The minimum atomic E-state index is -0.555. The van der Waals surface area contributed by atoms with Crippen LogP contribution in [0.4, 0.5) is 0 Å². The predicted octanol–water partition coefficient (Wildman–Crippen LogP) is 6.57. The van der Waals surface area contributed by atoms with E-state index in [0.29, 0.717) is 38.6 Å². The van der Waals surface area contributed by atoms with Crippen LogP contribution in [0, 0.1) is 0 Å². The number of ether oxygens (including phenoxy) is 2. The third kappa shape index (κ3) is 4.68. The number of carbonyl (C=O) groups excluding carboxylic acids is 1. The monoisotopic (exact) mass is 457 g/mol. The SMILES string of the molecule is O=C1OC(c2ccc(Cl)c(Cl)c2)=N/C1=C\c1ccccc1OCc1cccc(Cl)c1. The van der Waals surface area contributed by atoms with E-state index in [2.05, 4.69) is 4.99 Å². The lowest BCUT2D eigenvalue weighted by Gasteiger charge is -2.09. The van der Waals surface area contributed by atoms with E-state index in [1.807, 2.05) is 42.5 Å². The van der Waals surface area contributed by atoms with Crippen LogP contribution in [0.2, 0.25) is 15.1 Å². The van der Waals surface area contributed by atoms with Gasteiger partial charge in [0.25, 0.3) is 0 Å². The highest BCUT2D eigenvalue weighted by Crippen LogP contribution is 2.28. The maximum Gasteiger partial charge on any atom is 0.363 e. The molecule has 3 aromatic carbocycles. The molecule has 0 saturated carbocycles. The molecule has 30 heavy (non-hydrogen) atoms. The number of hydrogen-bond donors (Lipinski definition) is 0. The lowest BCUT2D eigenvalue weighted by molar-refractivity contribution is -0.129. The summed E-state index contributed by atoms with van der Waals surface area (Å²) in [5.41, 5.74) is 2.36. The Labute approximate surface area is 188 Å². The van der Waals surface area contributed by atoms with Crippen LogP contribution < -0.4 is 4.74 Å². The molecular formula is C23H14Cl3NO3. The molecule has 0 bridgehead atoms. The van der Waals surface area contributed by atoms with E-state index in [1.54, 1.807) is 30.3 Å². The fraction of sp³-hybridized carbons (Fsp3) is 0.0435. The standard InChI is InChI=1S/C23H14Cl3NO3/c24-17-6-3-4-14(10-17)13-29-21-7-2-1-5-15(21)12-20-23(28)30-22(27-20)16-8-9-18(25)19(26)11-16/h1-12H,13H2/b20-12-. The summed E-state index contributed by atoms with van der Waals surface area (Å²) in [5.74, 6) is 0.221. The molecule has 150 valence electrons. The van der Waals surface area contributed by atoms with Crippen LogP contribution in [0.1, 0.15) is 16.7 Å². The van der Waals surface area contributed by atoms with Crippen LogP contribution >= 0.6 is 34.8 Å². The molecule has 0 saturated heterocycles. The number of benzene rings is 3. The van der Waals surface area contributed by atoms with Crippen molar-refractivity contribution >= 4 is 52.7 Å². The molecule has 4 nitrogen and oxygen atoms in total. The molecule has 7 heteroatoms. The van der Waals surface area contributed by atoms with E-state index < -0.39 is 5.97 Å². The molecule has 1 aliphatic rings. The van der Waals surface area contributed by atoms with Crippen molar-refractivity contribution in [2.75, 3.05) is 0 Å². The molecule has 3 aromatic rings. The van der Waals surface area contributed by atoms with E-state index >= 15 is 0 Å². The van der Waals surface area contributed by atoms with Crippen LogP contribution in [0.5, 0.6) is 5.75 Å². The zero-order valence-corrected chi connectivity index (χ0v) is 17.7. The number of nitrogens with zero attached hydrogens (tertiary/aromatic N) is 1. The summed E-state index contributed by atoms with van der Waals surface area (Å²) >= 11 is 18.0. The van der Waals surface area contributed by atoms with Gasteiger partial charge in [0, 0.05) is 16.1 Å². The first-order chi connectivity index (χ1) is 14.5. The normalized spacial score (nSPS) is 14.6. The Morgan fingerprint density at radius 3 is 2.57 bits per heavy atom. The minimum absolute atomic E-state index is 0.162. The topological polar surface area (TPSA) is 47.9 Å². The van der Waals surface area contributed by atoms with Crippen LogP contribution in [0.3, 0.4) is 0 Å². The van der Waals surface area contributed by atoms with Gasteiger partial charge in [-0.1, -0.05) is 65.1 Å². The van der Waals surface area contributed by atoms with Crippen molar-refractivity contribution in [1.29, 1.82) is 0 Å². The number of aliphatic imine (C=N–C) groups is 1. The van der Waals surface area contributed by atoms with E-state index in [1.165, 1.54) is 0 Å². The van der Waals surface area contributed by atoms with Crippen molar-refractivity contribution in [2.45, 2.75) is 6.61 Å². The second-order valence-corrected chi connectivity index (χ2v) is 7.67. The Morgan fingerprint density at radius 1 is 0.933 bits per heavy atom. The first-order valence-corrected chi connectivity index (χ1v) is 10.1. The van der Waals surface area contributed by atoms with Gasteiger partial charge in [-0.05, 0) is 48.0 Å². The van der Waals surface area contributed by atoms with Gasteiger partial charge in [0.15, 0.2) is 5.70 Å². The van der Waals surface area contributed by atoms with E-state index in [9.17, 15) is 4.79 Å². The van der Waals surface area contributed by atoms with Crippen molar-refractivity contribution in [1.82, 2.24) is 0 Å². The molecule has 0 aliphatic carbocycles.